The van der Waals surface area contributed by atoms with Gasteiger partial charge < -0.3 is 10.1 Å². The maximum absolute atomic E-state index is 5.86. The molecule has 2 fully saturated rings. The van der Waals surface area contributed by atoms with Crippen molar-refractivity contribution < 1.29 is 4.74 Å². The van der Waals surface area contributed by atoms with Crippen molar-refractivity contribution in [2.75, 3.05) is 19.8 Å². The molecule has 2 aliphatic rings. The molecule has 0 aromatic heterocycles. The number of ether oxygens (including phenoxy) is 1. The predicted molar refractivity (Wildman–Crippen MR) is 81.3 cm³/mol. The summed E-state index contributed by atoms with van der Waals surface area (Å²) in [7, 11) is 0. The van der Waals surface area contributed by atoms with Crippen LogP contribution in [0.2, 0.25) is 0 Å². The van der Waals surface area contributed by atoms with Gasteiger partial charge in [0, 0.05) is 25.8 Å². The molecule has 0 aromatic carbocycles. The lowest BCUT2D eigenvalue weighted by atomic mass is 9.79. The normalized spacial score (nSPS) is 33.2. The highest BCUT2D eigenvalue weighted by molar-refractivity contribution is 5.04. The number of nitrogens with one attached hydrogen (secondary N) is 1. The van der Waals surface area contributed by atoms with Gasteiger partial charge in [-0.05, 0) is 55.3 Å². The number of hydrogen-bond acceptors (Lipinski definition) is 2. The van der Waals surface area contributed by atoms with Crippen molar-refractivity contribution in [2.45, 2.75) is 65.8 Å². The summed E-state index contributed by atoms with van der Waals surface area (Å²) in [5.74, 6) is 2.88. The molecule has 0 heterocycles. The quantitative estimate of drug-likeness (QED) is 0.641. The van der Waals surface area contributed by atoms with Crippen molar-refractivity contribution in [3.8, 4) is 0 Å². The molecule has 19 heavy (non-hydrogen) atoms. The summed E-state index contributed by atoms with van der Waals surface area (Å²) in [6, 6.07) is 0.607. The number of rotatable bonds is 9. The van der Waals surface area contributed by atoms with Crippen molar-refractivity contribution in [1.82, 2.24) is 5.32 Å². The maximum Gasteiger partial charge on any atom is 0.0471 e. The molecule has 0 aromatic rings. The average molecular weight is 267 g/mol. The Labute approximate surface area is 119 Å². The van der Waals surface area contributed by atoms with Gasteiger partial charge in [-0.2, -0.15) is 0 Å². The standard InChI is InChI=1S/C17H33NO/c1-13(2)5-7-19-8-6-17(12-18-14(3)4)10-15-9-16(15)11-17/h13-16,18H,5-12H2,1-4H3. The molecular weight excluding hydrogens is 234 g/mol. The van der Waals surface area contributed by atoms with Crippen LogP contribution < -0.4 is 5.32 Å². The summed E-state index contributed by atoms with van der Waals surface area (Å²) >= 11 is 0. The van der Waals surface area contributed by atoms with Crippen LogP contribution in [0.25, 0.3) is 0 Å². The minimum absolute atomic E-state index is 0.551. The smallest absolute Gasteiger partial charge is 0.0471 e. The Bertz CT molecular complexity index is 264. The highest BCUT2D eigenvalue weighted by atomic mass is 16.5. The van der Waals surface area contributed by atoms with E-state index < -0.39 is 0 Å². The molecule has 0 aliphatic heterocycles. The molecule has 2 saturated carbocycles. The van der Waals surface area contributed by atoms with Gasteiger partial charge in [0.25, 0.3) is 0 Å². The van der Waals surface area contributed by atoms with Gasteiger partial charge >= 0.3 is 0 Å². The Morgan fingerprint density at radius 2 is 1.79 bits per heavy atom. The zero-order valence-corrected chi connectivity index (χ0v) is 13.4. The fraction of sp³-hybridized carbons (Fsp3) is 1.00. The van der Waals surface area contributed by atoms with E-state index in [1.807, 2.05) is 0 Å². The third-order valence-electron chi connectivity index (χ3n) is 4.96. The first-order valence-electron chi connectivity index (χ1n) is 8.32. The van der Waals surface area contributed by atoms with Crippen molar-refractivity contribution in [1.29, 1.82) is 0 Å². The Kier molecular flexibility index (Phi) is 5.30. The van der Waals surface area contributed by atoms with Gasteiger partial charge in [-0.15, -0.1) is 0 Å². The SMILES string of the molecule is CC(C)CCOCCC1(CNC(C)C)CC2CC2C1. The van der Waals surface area contributed by atoms with Gasteiger partial charge in [0.05, 0.1) is 0 Å². The molecule has 2 heteroatoms. The minimum atomic E-state index is 0.551. The van der Waals surface area contributed by atoms with E-state index in [1.54, 1.807) is 0 Å². The molecule has 0 bridgehead atoms. The van der Waals surface area contributed by atoms with Crippen LogP contribution in [0.1, 0.15) is 59.8 Å². The molecule has 0 spiro atoms. The first-order valence-corrected chi connectivity index (χ1v) is 8.32. The number of fused-ring (bicyclic) bond motifs is 1. The van der Waals surface area contributed by atoms with Crippen LogP contribution in [0.4, 0.5) is 0 Å². The lowest BCUT2D eigenvalue weighted by molar-refractivity contribution is 0.0817. The van der Waals surface area contributed by atoms with E-state index >= 15 is 0 Å². The molecular formula is C17H33NO. The maximum atomic E-state index is 5.86. The average Bonchev–Trinajstić information content (AvgIpc) is 2.94. The molecule has 2 unspecified atom stereocenters. The van der Waals surface area contributed by atoms with Gasteiger partial charge in [0.1, 0.15) is 0 Å². The van der Waals surface area contributed by atoms with E-state index in [-0.39, 0.29) is 0 Å². The second-order valence-electron chi connectivity index (χ2n) is 7.74. The van der Waals surface area contributed by atoms with Crippen LogP contribution in [0.15, 0.2) is 0 Å². The van der Waals surface area contributed by atoms with Crippen LogP contribution in [0.5, 0.6) is 0 Å². The lowest BCUT2D eigenvalue weighted by Gasteiger charge is -2.32. The van der Waals surface area contributed by atoms with Crippen LogP contribution in [0, 0.1) is 23.2 Å². The van der Waals surface area contributed by atoms with Crippen molar-refractivity contribution in [3.05, 3.63) is 0 Å². The molecule has 2 aliphatic carbocycles. The van der Waals surface area contributed by atoms with Gasteiger partial charge in [-0.3, -0.25) is 0 Å². The molecule has 0 saturated heterocycles. The van der Waals surface area contributed by atoms with E-state index in [9.17, 15) is 0 Å². The Balaban J connectivity index is 1.69. The van der Waals surface area contributed by atoms with Crippen molar-refractivity contribution in [3.63, 3.8) is 0 Å². The molecule has 2 nitrogen and oxygen atoms in total. The highest BCUT2D eigenvalue weighted by Gasteiger charge is 2.53. The molecule has 2 atom stereocenters. The minimum Gasteiger partial charge on any atom is -0.381 e. The van der Waals surface area contributed by atoms with Crippen LogP contribution >= 0.6 is 0 Å². The largest absolute Gasteiger partial charge is 0.381 e. The van der Waals surface area contributed by atoms with Crippen LogP contribution in [-0.4, -0.2) is 25.8 Å². The Morgan fingerprint density at radius 3 is 2.37 bits per heavy atom. The van der Waals surface area contributed by atoms with E-state index in [4.69, 9.17) is 4.74 Å². The van der Waals surface area contributed by atoms with E-state index in [0.29, 0.717) is 11.5 Å². The second kappa shape index (κ2) is 6.58. The number of hydrogen-bond donors (Lipinski definition) is 1. The molecule has 2 rings (SSSR count). The van der Waals surface area contributed by atoms with Gasteiger partial charge in [0.2, 0.25) is 0 Å². The first kappa shape index (κ1) is 15.3. The lowest BCUT2D eigenvalue weighted by Crippen LogP contribution is -2.37. The summed E-state index contributed by atoms with van der Waals surface area (Å²) < 4.78 is 5.86. The summed E-state index contributed by atoms with van der Waals surface area (Å²) in [5.41, 5.74) is 0.551. The molecule has 112 valence electrons. The zero-order valence-electron chi connectivity index (χ0n) is 13.4. The first-order chi connectivity index (χ1) is 9.01. The highest BCUT2D eigenvalue weighted by Crippen LogP contribution is 2.60. The third-order valence-corrected chi connectivity index (χ3v) is 4.96. The summed E-state index contributed by atoms with van der Waals surface area (Å²) in [6.45, 7) is 12.1. The Hall–Kier alpha value is -0.0800. The van der Waals surface area contributed by atoms with Crippen LogP contribution in [0.3, 0.4) is 0 Å². The van der Waals surface area contributed by atoms with Gasteiger partial charge in [0.15, 0.2) is 0 Å². The van der Waals surface area contributed by atoms with Gasteiger partial charge in [-0.25, -0.2) is 0 Å². The predicted octanol–water partition coefficient (Wildman–Crippen LogP) is 3.85. The molecule has 0 amide bonds. The third kappa shape index (κ3) is 4.75. The summed E-state index contributed by atoms with van der Waals surface area (Å²) in [4.78, 5) is 0. The Morgan fingerprint density at radius 1 is 1.11 bits per heavy atom. The topological polar surface area (TPSA) is 21.3 Å². The second-order valence-corrected chi connectivity index (χ2v) is 7.74. The van der Waals surface area contributed by atoms with E-state index in [0.717, 1.165) is 31.0 Å². The van der Waals surface area contributed by atoms with E-state index in [2.05, 4.69) is 33.0 Å². The summed E-state index contributed by atoms with van der Waals surface area (Å²) in [5, 5.41) is 3.67. The van der Waals surface area contributed by atoms with Crippen molar-refractivity contribution in [2.24, 2.45) is 23.2 Å². The molecule has 1 N–H and O–H groups in total. The fourth-order valence-electron chi connectivity index (χ4n) is 3.57. The van der Waals surface area contributed by atoms with E-state index in [1.165, 1.54) is 38.6 Å². The van der Waals surface area contributed by atoms with Crippen molar-refractivity contribution >= 4 is 0 Å². The summed E-state index contributed by atoms with van der Waals surface area (Å²) in [6.07, 6.45) is 6.87. The monoisotopic (exact) mass is 267 g/mol. The fourth-order valence-corrected chi connectivity index (χ4v) is 3.57. The van der Waals surface area contributed by atoms with Crippen LogP contribution in [-0.2, 0) is 4.74 Å². The zero-order chi connectivity index (χ0) is 13.9. The molecule has 0 radical (unpaired) electrons. The van der Waals surface area contributed by atoms with Gasteiger partial charge in [-0.1, -0.05) is 27.7 Å².